The number of aryl methyl sites for hydroxylation is 1. The second-order valence-electron chi connectivity index (χ2n) is 4.34. The van der Waals surface area contributed by atoms with Gasteiger partial charge in [-0.1, -0.05) is 23.2 Å². The van der Waals surface area contributed by atoms with Gasteiger partial charge in [-0.3, -0.25) is 4.57 Å². The molecule has 96 valence electrons. The highest BCUT2D eigenvalue weighted by Crippen LogP contribution is 2.29. The fourth-order valence-corrected chi connectivity index (χ4v) is 2.68. The van der Waals surface area contributed by atoms with Crippen molar-refractivity contribution in [2.24, 2.45) is 0 Å². The van der Waals surface area contributed by atoms with Gasteiger partial charge in [0.05, 0.1) is 21.7 Å². The highest BCUT2D eigenvalue weighted by atomic mass is 35.5. The lowest BCUT2D eigenvalue weighted by Gasteiger charge is -2.09. The Morgan fingerprint density at radius 1 is 1.11 bits per heavy atom. The van der Waals surface area contributed by atoms with Crippen LogP contribution in [0.1, 0.15) is 5.82 Å². The van der Waals surface area contributed by atoms with Crippen molar-refractivity contribution in [1.29, 1.82) is 0 Å². The highest BCUT2D eigenvalue weighted by molar-refractivity contribution is 6.35. The Morgan fingerprint density at radius 2 is 1.89 bits per heavy atom. The van der Waals surface area contributed by atoms with E-state index in [0.717, 1.165) is 22.5 Å². The van der Waals surface area contributed by atoms with E-state index in [1.807, 2.05) is 41.8 Å². The maximum Gasteiger partial charge on any atom is 0.111 e. The summed E-state index contributed by atoms with van der Waals surface area (Å²) in [6, 6.07) is 11.1. The molecule has 0 aliphatic heterocycles. The zero-order chi connectivity index (χ0) is 13.6. The molecule has 3 nitrogen and oxygen atoms in total. The summed E-state index contributed by atoms with van der Waals surface area (Å²) in [6.07, 6.45) is 0. The van der Waals surface area contributed by atoms with Crippen molar-refractivity contribution < 1.29 is 0 Å². The summed E-state index contributed by atoms with van der Waals surface area (Å²) in [5.74, 6) is 0.852. The molecule has 0 spiro atoms. The Morgan fingerprint density at radius 3 is 2.63 bits per heavy atom. The molecule has 0 aliphatic carbocycles. The number of aromatic nitrogens is 2. The van der Waals surface area contributed by atoms with Crippen molar-refractivity contribution in [3.63, 3.8) is 0 Å². The van der Waals surface area contributed by atoms with E-state index < -0.39 is 0 Å². The summed E-state index contributed by atoms with van der Waals surface area (Å²) in [5, 5.41) is 1.20. The molecule has 0 fully saturated rings. The maximum absolute atomic E-state index is 6.27. The molecule has 19 heavy (non-hydrogen) atoms. The number of benzene rings is 2. The number of imidazole rings is 1. The van der Waals surface area contributed by atoms with E-state index in [4.69, 9.17) is 28.9 Å². The van der Waals surface area contributed by atoms with Crippen molar-refractivity contribution in [2.45, 2.75) is 6.92 Å². The molecule has 0 saturated carbocycles. The van der Waals surface area contributed by atoms with Crippen molar-refractivity contribution in [3.8, 4) is 5.69 Å². The summed E-state index contributed by atoms with van der Waals surface area (Å²) in [5.41, 5.74) is 9.15. The Labute approximate surface area is 120 Å². The van der Waals surface area contributed by atoms with Gasteiger partial charge in [-0.15, -0.1) is 0 Å². The van der Waals surface area contributed by atoms with E-state index in [9.17, 15) is 0 Å². The Balaban J connectivity index is 2.33. The molecule has 0 saturated heterocycles. The van der Waals surface area contributed by atoms with E-state index in [-0.39, 0.29) is 0 Å². The van der Waals surface area contributed by atoms with Gasteiger partial charge in [0.1, 0.15) is 5.82 Å². The maximum atomic E-state index is 6.27. The Kier molecular flexibility index (Phi) is 2.88. The van der Waals surface area contributed by atoms with Gasteiger partial charge in [0.25, 0.3) is 0 Å². The van der Waals surface area contributed by atoms with Crippen LogP contribution in [0.2, 0.25) is 10.0 Å². The van der Waals surface area contributed by atoms with Crippen LogP contribution in [0.25, 0.3) is 16.7 Å². The first kappa shape index (κ1) is 12.3. The average molecular weight is 292 g/mol. The minimum atomic E-state index is 0.590. The molecule has 5 heteroatoms. The van der Waals surface area contributed by atoms with E-state index in [2.05, 4.69) is 4.98 Å². The second-order valence-corrected chi connectivity index (χ2v) is 5.18. The van der Waals surface area contributed by atoms with Crippen LogP contribution in [0.5, 0.6) is 0 Å². The summed E-state index contributed by atoms with van der Waals surface area (Å²) in [6.45, 7) is 1.93. The third-order valence-electron chi connectivity index (χ3n) is 3.00. The number of anilines is 1. The molecule has 0 radical (unpaired) electrons. The van der Waals surface area contributed by atoms with Crippen LogP contribution >= 0.6 is 23.2 Å². The van der Waals surface area contributed by atoms with Crippen molar-refractivity contribution in [3.05, 3.63) is 52.3 Å². The van der Waals surface area contributed by atoms with E-state index in [1.165, 1.54) is 0 Å². The molecule has 0 amide bonds. The number of nitrogen functional groups attached to an aromatic ring is 1. The molecule has 2 N–H and O–H groups in total. The first-order valence-corrected chi connectivity index (χ1v) is 6.52. The predicted octanol–water partition coefficient (Wildman–Crippen LogP) is 4.22. The second kappa shape index (κ2) is 4.44. The minimum Gasteiger partial charge on any atom is -0.399 e. The Hall–Kier alpha value is -1.71. The van der Waals surface area contributed by atoms with Gasteiger partial charge in [0.15, 0.2) is 0 Å². The normalized spacial score (nSPS) is 11.1. The summed E-state index contributed by atoms with van der Waals surface area (Å²) in [7, 11) is 0. The lowest BCUT2D eigenvalue weighted by molar-refractivity contribution is 1.00. The number of fused-ring (bicyclic) bond motifs is 1. The van der Waals surface area contributed by atoms with Crippen molar-refractivity contribution in [1.82, 2.24) is 9.55 Å². The van der Waals surface area contributed by atoms with Crippen LogP contribution in [-0.4, -0.2) is 9.55 Å². The van der Waals surface area contributed by atoms with Gasteiger partial charge in [-0.25, -0.2) is 4.98 Å². The molecule has 0 aliphatic rings. The SMILES string of the molecule is Cc1nc2cc(N)ccc2n1-c1ccc(Cl)cc1Cl. The molecule has 0 atom stereocenters. The number of nitrogens with zero attached hydrogens (tertiary/aromatic N) is 2. The zero-order valence-electron chi connectivity index (χ0n) is 10.2. The molecule has 1 aromatic heterocycles. The zero-order valence-corrected chi connectivity index (χ0v) is 11.7. The third kappa shape index (κ3) is 2.05. The number of hydrogen-bond acceptors (Lipinski definition) is 2. The third-order valence-corrected chi connectivity index (χ3v) is 3.53. The molecular formula is C14H11Cl2N3. The van der Waals surface area contributed by atoms with Gasteiger partial charge < -0.3 is 5.73 Å². The van der Waals surface area contributed by atoms with Crippen LogP contribution < -0.4 is 5.73 Å². The summed E-state index contributed by atoms with van der Waals surface area (Å²) in [4.78, 5) is 4.51. The monoisotopic (exact) mass is 291 g/mol. The quantitative estimate of drug-likeness (QED) is 0.682. The first-order valence-electron chi connectivity index (χ1n) is 5.76. The molecule has 2 aromatic carbocycles. The summed E-state index contributed by atoms with van der Waals surface area (Å²) >= 11 is 12.2. The number of rotatable bonds is 1. The number of hydrogen-bond donors (Lipinski definition) is 1. The largest absolute Gasteiger partial charge is 0.399 e. The molecule has 0 bridgehead atoms. The number of nitrogens with two attached hydrogens (primary N) is 1. The van der Waals surface area contributed by atoms with Gasteiger partial charge in [0.2, 0.25) is 0 Å². The molecule has 0 unspecified atom stereocenters. The smallest absolute Gasteiger partial charge is 0.111 e. The molecule has 3 rings (SSSR count). The van der Waals surface area contributed by atoms with Gasteiger partial charge in [0, 0.05) is 10.7 Å². The van der Waals surface area contributed by atoms with E-state index >= 15 is 0 Å². The van der Waals surface area contributed by atoms with E-state index in [1.54, 1.807) is 6.07 Å². The van der Waals surface area contributed by atoms with Crippen LogP contribution in [0.3, 0.4) is 0 Å². The van der Waals surface area contributed by atoms with Crippen LogP contribution in [0.15, 0.2) is 36.4 Å². The van der Waals surface area contributed by atoms with Crippen molar-refractivity contribution >= 4 is 39.9 Å². The fraction of sp³-hybridized carbons (Fsp3) is 0.0714. The topological polar surface area (TPSA) is 43.8 Å². The van der Waals surface area contributed by atoms with Crippen LogP contribution in [0, 0.1) is 6.92 Å². The lowest BCUT2D eigenvalue weighted by Crippen LogP contribution is -1.97. The molecular weight excluding hydrogens is 281 g/mol. The fourth-order valence-electron chi connectivity index (χ4n) is 2.18. The van der Waals surface area contributed by atoms with Gasteiger partial charge in [-0.05, 0) is 43.3 Å². The molecule has 3 aromatic rings. The van der Waals surface area contributed by atoms with Gasteiger partial charge in [-0.2, -0.15) is 0 Å². The predicted molar refractivity (Wildman–Crippen MR) is 80.2 cm³/mol. The minimum absolute atomic E-state index is 0.590. The van der Waals surface area contributed by atoms with Crippen molar-refractivity contribution in [2.75, 3.05) is 5.73 Å². The van der Waals surface area contributed by atoms with Gasteiger partial charge >= 0.3 is 0 Å². The van der Waals surface area contributed by atoms with E-state index in [0.29, 0.717) is 15.7 Å². The Bertz CT molecular complexity index is 778. The standard InChI is InChI=1S/C14H11Cl2N3/c1-8-18-12-7-10(17)3-5-14(12)19(8)13-4-2-9(15)6-11(13)16/h2-7H,17H2,1H3. The first-order chi connectivity index (χ1) is 9.06. The average Bonchev–Trinajstić information content (AvgIpc) is 2.65. The molecule has 1 heterocycles. The number of halogens is 2. The highest BCUT2D eigenvalue weighted by Gasteiger charge is 2.12. The lowest BCUT2D eigenvalue weighted by atomic mass is 10.2. The van der Waals surface area contributed by atoms with Crippen LogP contribution in [-0.2, 0) is 0 Å². The summed E-state index contributed by atoms with van der Waals surface area (Å²) < 4.78 is 1.99. The van der Waals surface area contributed by atoms with Crippen LogP contribution in [0.4, 0.5) is 5.69 Å².